The van der Waals surface area contributed by atoms with Gasteiger partial charge in [-0.05, 0) is 18.4 Å². The molecule has 1 aromatic heterocycles. The van der Waals surface area contributed by atoms with Crippen molar-refractivity contribution >= 4 is 11.8 Å². The predicted octanol–water partition coefficient (Wildman–Crippen LogP) is 0.894. The first-order valence-corrected chi connectivity index (χ1v) is 6.98. The van der Waals surface area contributed by atoms with Crippen molar-refractivity contribution < 1.29 is 9.59 Å². The molecule has 0 aliphatic carbocycles. The van der Waals surface area contributed by atoms with Gasteiger partial charge in [-0.2, -0.15) is 5.10 Å². The molecule has 2 amide bonds. The van der Waals surface area contributed by atoms with E-state index in [2.05, 4.69) is 10.4 Å². The van der Waals surface area contributed by atoms with Gasteiger partial charge in [-0.25, -0.2) is 0 Å². The molecule has 0 unspecified atom stereocenters. The summed E-state index contributed by atoms with van der Waals surface area (Å²) in [5.74, 6) is 0.299. The van der Waals surface area contributed by atoms with E-state index in [0.29, 0.717) is 24.6 Å². The summed E-state index contributed by atoms with van der Waals surface area (Å²) < 4.78 is 1.61. The van der Waals surface area contributed by atoms with Crippen molar-refractivity contribution in [1.82, 2.24) is 20.0 Å². The van der Waals surface area contributed by atoms with Crippen molar-refractivity contribution in [2.75, 3.05) is 13.6 Å². The van der Waals surface area contributed by atoms with Crippen LogP contribution in [0.15, 0.2) is 6.07 Å². The lowest BCUT2D eigenvalue weighted by molar-refractivity contribution is -0.127. The number of aryl methyl sites for hydroxylation is 1. The quantitative estimate of drug-likeness (QED) is 0.889. The average Bonchev–Trinajstić information content (AvgIpc) is 2.93. The Morgan fingerprint density at radius 1 is 1.50 bits per heavy atom. The number of likely N-dealkylation sites (tertiary alicyclic amines) is 1. The summed E-state index contributed by atoms with van der Waals surface area (Å²) in [5.41, 5.74) is 1.46. The van der Waals surface area contributed by atoms with Crippen molar-refractivity contribution in [3.05, 3.63) is 17.5 Å². The maximum atomic E-state index is 12.2. The Balaban J connectivity index is 1.97. The molecular formula is C14H22N4O2. The van der Waals surface area contributed by atoms with Crippen molar-refractivity contribution in [3.63, 3.8) is 0 Å². The van der Waals surface area contributed by atoms with Gasteiger partial charge in [0.1, 0.15) is 5.69 Å². The molecule has 6 nitrogen and oxygen atoms in total. The van der Waals surface area contributed by atoms with Gasteiger partial charge in [0.25, 0.3) is 5.91 Å². The van der Waals surface area contributed by atoms with E-state index < -0.39 is 0 Å². The molecule has 1 aliphatic rings. The van der Waals surface area contributed by atoms with Gasteiger partial charge in [-0.3, -0.25) is 14.3 Å². The number of amides is 2. The number of likely N-dealkylation sites (N-methyl/N-ethyl adjacent to an activating group) is 1. The highest BCUT2D eigenvalue weighted by Crippen LogP contribution is 2.16. The van der Waals surface area contributed by atoms with Crippen molar-refractivity contribution in [1.29, 1.82) is 0 Å². The Labute approximate surface area is 119 Å². The van der Waals surface area contributed by atoms with Crippen LogP contribution in [0.4, 0.5) is 0 Å². The van der Waals surface area contributed by atoms with Crippen molar-refractivity contribution in [2.24, 2.45) is 7.05 Å². The normalized spacial score (nSPS) is 18.9. The summed E-state index contributed by atoms with van der Waals surface area (Å²) in [6, 6.07) is 1.92. The molecular weight excluding hydrogens is 256 g/mol. The number of carbonyl (C=O) groups is 2. The highest BCUT2D eigenvalue weighted by molar-refractivity contribution is 5.92. The third-order valence-electron chi connectivity index (χ3n) is 3.85. The maximum absolute atomic E-state index is 12.2. The zero-order chi connectivity index (χ0) is 14.9. The lowest BCUT2D eigenvalue weighted by Crippen LogP contribution is -2.40. The molecule has 0 bridgehead atoms. The van der Waals surface area contributed by atoms with Gasteiger partial charge < -0.3 is 10.2 Å². The molecule has 0 spiro atoms. The zero-order valence-corrected chi connectivity index (χ0v) is 12.5. The fourth-order valence-corrected chi connectivity index (χ4v) is 2.39. The Hall–Kier alpha value is -1.85. The van der Waals surface area contributed by atoms with E-state index in [-0.39, 0.29) is 17.9 Å². The van der Waals surface area contributed by atoms with E-state index in [9.17, 15) is 9.59 Å². The van der Waals surface area contributed by atoms with Crippen LogP contribution in [-0.4, -0.2) is 46.1 Å². The third-order valence-corrected chi connectivity index (χ3v) is 3.85. The minimum Gasteiger partial charge on any atom is -0.349 e. The number of carbonyl (C=O) groups excluding carboxylic acids is 2. The first-order chi connectivity index (χ1) is 9.40. The molecule has 1 atom stereocenters. The Kier molecular flexibility index (Phi) is 4.11. The molecule has 1 fully saturated rings. The first kappa shape index (κ1) is 14.6. The van der Waals surface area contributed by atoms with Crippen LogP contribution in [0, 0.1) is 0 Å². The summed E-state index contributed by atoms with van der Waals surface area (Å²) in [6.45, 7) is 4.58. The minimum atomic E-state index is -0.139. The minimum absolute atomic E-state index is 0.101. The van der Waals surface area contributed by atoms with E-state index in [1.54, 1.807) is 23.7 Å². The Morgan fingerprint density at radius 2 is 2.20 bits per heavy atom. The van der Waals surface area contributed by atoms with Gasteiger partial charge in [0.2, 0.25) is 5.91 Å². The molecule has 1 aliphatic heterocycles. The second-order valence-electron chi connectivity index (χ2n) is 5.64. The van der Waals surface area contributed by atoms with Crippen molar-refractivity contribution in [2.45, 2.75) is 38.6 Å². The summed E-state index contributed by atoms with van der Waals surface area (Å²) in [7, 11) is 3.55. The molecule has 0 saturated carbocycles. The molecule has 2 rings (SSSR count). The number of nitrogens with zero attached hydrogens (tertiary/aromatic N) is 3. The van der Waals surface area contributed by atoms with E-state index in [0.717, 1.165) is 12.1 Å². The largest absolute Gasteiger partial charge is 0.349 e. The van der Waals surface area contributed by atoms with Gasteiger partial charge in [0, 0.05) is 33.1 Å². The van der Waals surface area contributed by atoms with Crippen LogP contribution in [0.25, 0.3) is 0 Å². The third kappa shape index (κ3) is 2.84. The maximum Gasteiger partial charge on any atom is 0.269 e. The molecule has 0 aromatic carbocycles. The number of nitrogens with one attached hydrogen (secondary N) is 1. The molecule has 1 N–H and O–H groups in total. The van der Waals surface area contributed by atoms with Gasteiger partial charge in [0.15, 0.2) is 0 Å². The summed E-state index contributed by atoms with van der Waals surface area (Å²) in [6.07, 6.45) is 1.37. The molecule has 0 radical (unpaired) electrons. The second kappa shape index (κ2) is 5.64. The number of hydrogen-bond donors (Lipinski definition) is 1. The zero-order valence-electron chi connectivity index (χ0n) is 12.5. The van der Waals surface area contributed by atoms with Crippen LogP contribution in [0.1, 0.15) is 48.8 Å². The summed E-state index contributed by atoms with van der Waals surface area (Å²) in [5, 5.41) is 7.22. The van der Waals surface area contributed by atoms with Crippen LogP contribution in [-0.2, 0) is 11.8 Å². The number of hydrogen-bond acceptors (Lipinski definition) is 3. The topological polar surface area (TPSA) is 67.2 Å². The van der Waals surface area contributed by atoms with Gasteiger partial charge in [-0.15, -0.1) is 0 Å². The van der Waals surface area contributed by atoms with Crippen molar-refractivity contribution in [3.8, 4) is 0 Å². The standard InChI is InChI=1S/C14H22N4O2/c1-9(2)11-7-12(18(4)16-11)14(20)15-8-10-5-6-13(19)17(10)3/h7,9-10H,5-6,8H2,1-4H3,(H,15,20)/t10-/m0/s1. The van der Waals surface area contributed by atoms with E-state index >= 15 is 0 Å². The Morgan fingerprint density at radius 3 is 2.70 bits per heavy atom. The van der Waals surface area contributed by atoms with E-state index in [4.69, 9.17) is 0 Å². The fraction of sp³-hybridized carbons (Fsp3) is 0.643. The van der Waals surface area contributed by atoms with Gasteiger partial charge >= 0.3 is 0 Å². The highest BCUT2D eigenvalue weighted by atomic mass is 16.2. The smallest absolute Gasteiger partial charge is 0.269 e. The lowest BCUT2D eigenvalue weighted by atomic mass is 10.1. The molecule has 110 valence electrons. The molecule has 1 saturated heterocycles. The second-order valence-corrected chi connectivity index (χ2v) is 5.64. The highest BCUT2D eigenvalue weighted by Gasteiger charge is 2.28. The van der Waals surface area contributed by atoms with Crippen LogP contribution in [0.3, 0.4) is 0 Å². The summed E-state index contributed by atoms with van der Waals surface area (Å²) >= 11 is 0. The molecule has 6 heteroatoms. The first-order valence-electron chi connectivity index (χ1n) is 6.98. The monoisotopic (exact) mass is 278 g/mol. The van der Waals surface area contributed by atoms with E-state index in [1.807, 2.05) is 19.9 Å². The van der Waals surface area contributed by atoms with Crippen LogP contribution in [0.2, 0.25) is 0 Å². The average molecular weight is 278 g/mol. The van der Waals surface area contributed by atoms with Crippen LogP contribution < -0.4 is 5.32 Å². The summed E-state index contributed by atoms with van der Waals surface area (Å²) in [4.78, 5) is 25.3. The molecule has 20 heavy (non-hydrogen) atoms. The lowest BCUT2D eigenvalue weighted by Gasteiger charge is -2.20. The SMILES string of the molecule is CC(C)c1cc(C(=O)NC[C@@H]2CCC(=O)N2C)n(C)n1. The molecule has 2 heterocycles. The number of aromatic nitrogens is 2. The number of rotatable bonds is 4. The van der Waals surface area contributed by atoms with Crippen LogP contribution >= 0.6 is 0 Å². The van der Waals surface area contributed by atoms with E-state index in [1.165, 1.54) is 0 Å². The van der Waals surface area contributed by atoms with Gasteiger partial charge in [-0.1, -0.05) is 13.8 Å². The molecule has 1 aromatic rings. The van der Waals surface area contributed by atoms with Crippen LogP contribution in [0.5, 0.6) is 0 Å². The fourth-order valence-electron chi connectivity index (χ4n) is 2.39. The Bertz CT molecular complexity index is 521. The predicted molar refractivity (Wildman–Crippen MR) is 75.4 cm³/mol. The van der Waals surface area contributed by atoms with Gasteiger partial charge in [0.05, 0.1) is 5.69 Å².